The number of hydrogen-bond acceptors (Lipinski definition) is 2. The van der Waals surface area contributed by atoms with E-state index in [9.17, 15) is 13.6 Å². The molecule has 0 aliphatic rings. The van der Waals surface area contributed by atoms with Gasteiger partial charge in [0.25, 0.3) is 5.91 Å². The van der Waals surface area contributed by atoms with Crippen molar-refractivity contribution in [3.05, 3.63) is 58.1 Å². The van der Waals surface area contributed by atoms with Gasteiger partial charge in [-0.25, -0.2) is 8.78 Å². The second-order valence-electron chi connectivity index (χ2n) is 5.30. The van der Waals surface area contributed by atoms with Crippen LogP contribution in [0.3, 0.4) is 0 Å². The van der Waals surface area contributed by atoms with Gasteiger partial charge >= 0.3 is 0 Å². The van der Waals surface area contributed by atoms with Gasteiger partial charge in [0.15, 0.2) is 18.2 Å². The second-order valence-corrected chi connectivity index (χ2v) is 6.15. The van der Waals surface area contributed by atoms with Crippen LogP contribution in [0.25, 0.3) is 0 Å². The fraction of sp³-hybridized carbons (Fsp3) is 0.235. The molecule has 2 rings (SSSR count). The monoisotopic (exact) mass is 399 g/mol. The van der Waals surface area contributed by atoms with Crippen LogP contribution in [0, 0.1) is 11.6 Å². The maximum absolute atomic E-state index is 13.1. The smallest absolute Gasteiger partial charge is 0.279 e. The van der Waals surface area contributed by atoms with E-state index in [1.54, 1.807) is 7.11 Å². The van der Waals surface area contributed by atoms with Gasteiger partial charge in [0, 0.05) is 17.3 Å². The van der Waals surface area contributed by atoms with Gasteiger partial charge in [-0.1, -0.05) is 0 Å². The van der Waals surface area contributed by atoms with Crippen LogP contribution in [0.4, 0.5) is 14.5 Å². The molecule has 0 bridgehead atoms. The van der Waals surface area contributed by atoms with Crippen LogP contribution in [0.1, 0.15) is 18.5 Å². The zero-order chi connectivity index (χ0) is 17.7. The summed E-state index contributed by atoms with van der Waals surface area (Å²) < 4.78 is 32.0. The average Bonchev–Trinajstić information content (AvgIpc) is 2.56. The van der Waals surface area contributed by atoms with Crippen LogP contribution < -0.4 is 15.4 Å². The normalized spacial score (nSPS) is 11.9. The van der Waals surface area contributed by atoms with E-state index in [0.29, 0.717) is 0 Å². The summed E-state index contributed by atoms with van der Waals surface area (Å²) in [6.07, 6.45) is 0. The van der Waals surface area contributed by atoms with E-state index >= 15 is 0 Å². The van der Waals surface area contributed by atoms with Crippen molar-refractivity contribution in [1.29, 1.82) is 0 Å². The van der Waals surface area contributed by atoms with Crippen molar-refractivity contribution in [2.45, 2.75) is 13.0 Å². The number of carbonyl (C=O) groups excluding carboxylic acids is 1. The van der Waals surface area contributed by atoms with E-state index in [0.717, 1.165) is 27.9 Å². The van der Waals surface area contributed by atoms with Crippen LogP contribution in [-0.4, -0.2) is 19.6 Å². The molecule has 0 aliphatic carbocycles. The molecule has 0 spiro atoms. The standard InChI is InChI=1S/C17H17BrF2N2O2/c1-10(11-3-6-16(24-2)13(18)7-11)21-9-17(23)22-12-4-5-14(19)15(20)8-12/h3-8,10,21H,9H2,1-2H3,(H,22,23)/p+1/t10-/m0/s1. The van der Waals surface area contributed by atoms with Gasteiger partial charge in [-0.15, -0.1) is 0 Å². The van der Waals surface area contributed by atoms with Crippen molar-refractivity contribution in [3.63, 3.8) is 0 Å². The van der Waals surface area contributed by atoms with E-state index in [1.165, 1.54) is 6.07 Å². The number of hydrogen-bond donors (Lipinski definition) is 2. The molecule has 2 aromatic rings. The van der Waals surface area contributed by atoms with Crippen molar-refractivity contribution in [2.75, 3.05) is 19.0 Å². The Labute approximate surface area is 147 Å². The molecule has 0 heterocycles. The zero-order valence-electron chi connectivity index (χ0n) is 13.3. The third-order valence-electron chi connectivity index (χ3n) is 3.56. The molecule has 4 nitrogen and oxygen atoms in total. The summed E-state index contributed by atoms with van der Waals surface area (Å²) >= 11 is 3.43. The Hall–Kier alpha value is -1.99. The quantitative estimate of drug-likeness (QED) is 0.784. The summed E-state index contributed by atoms with van der Waals surface area (Å²) in [5.41, 5.74) is 1.26. The molecule has 3 N–H and O–H groups in total. The minimum Gasteiger partial charge on any atom is -0.496 e. The average molecular weight is 400 g/mol. The third kappa shape index (κ3) is 4.75. The molecule has 0 aromatic heterocycles. The third-order valence-corrected chi connectivity index (χ3v) is 4.18. The van der Waals surface area contributed by atoms with E-state index < -0.39 is 11.6 Å². The Morgan fingerprint density at radius 2 is 2.00 bits per heavy atom. The predicted molar refractivity (Wildman–Crippen MR) is 90.9 cm³/mol. The maximum Gasteiger partial charge on any atom is 0.279 e. The number of ether oxygens (including phenoxy) is 1. The lowest BCUT2D eigenvalue weighted by Crippen LogP contribution is -2.86. The molecule has 0 radical (unpaired) electrons. The number of anilines is 1. The molecule has 1 atom stereocenters. The van der Waals surface area contributed by atoms with Gasteiger partial charge in [-0.05, 0) is 53.2 Å². The first kappa shape index (κ1) is 18.4. The number of nitrogens with two attached hydrogens (primary N) is 1. The molecule has 0 saturated carbocycles. The van der Waals surface area contributed by atoms with E-state index in [2.05, 4.69) is 21.2 Å². The van der Waals surface area contributed by atoms with Gasteiger partial charge in [-0.2, -0.15) is 0 Å². The highest BCUT2D eigenvalue weighted by Gasteiger charge is 2.14. The maximum atomic E-state index is 13.1. The fourth-order valence-corrected chi connectivity index (χ4v) is 2.73. The van der Waals surface area contributed by atoms with Crippen molar-refractivity contribution in [2.24, 2.45) is 0 Å². The molecule has 0 aliphatic heterocycles. The largest absolute Gasteiger partial charge is 0.496 e. The first-order valence-corrected chi connectivity index (χ1v) is 8.11. The molecule has 24 heavy (non-hydrogen) atoms. The Kier molecular flexibility index (Phi) is 6.28. The predicted octanol–water partition coefficient (Wildman–Crippen LogP) is 3.00. The molecule has 0 saturated heterocycles. The molecule has 128 valence electrons. The molecule has 1 amide bonds. The number of methoxy groups -OCH3 is 1. The lowest BCUT2D eigenvalue weighted by atomic mass is 10.1. The van der Waals surface area contributed by atoms with Gasteiger partial charge in [0.05, 0.1) is 11.6 Å². The number of quaternary nitrogens is 1. The molecule has 0 fully saturated rings. The highest BCUT2D eigenvalue weighted by atomic mass is 79.9. The number of rotatable bonds is 6. The van der Waals surface area contributed by atoms with E-state index in [1.807, 2.05) is 30.4 Å². The minimum absolute atomic E-state index is 0.0444. The number of halogens is 3. The van der Waals surface area contributed by atoms with Crippen molar-refractivity contribution >= 4 is 27.5 Å². The minimum atomic E-state index is -0.992. The summed E-state index contributed by atoms with van der Waals surface area (Å²) in [5, 5.41) is 4.39. The lowest BCUT2D eigenvalue weighted by molar-refractivity contribution is -0.682. The van der Waals surface area contributed by atoms with Crippen LogP contribution in [0.2, 0.25) is 0 Å². The highest BCUT2D eigenvalue weighted by Crippen LogP contribution is 2.27. The summed E-state index contributed by atoms with van der Waals surface area (Å²) in [6.45, 7) is 2.13. The molecule has 2 aromatic carbocycles. The number of carbonyl (C=O) groups is 1. The molecule has 7 heteroatoms. The molecular weight excluding hydrogens is 382 g/mol. The summed E-state index contributed by atoms with van der Waals surface area (Å²) in [7, 11) is 1.60. The summed E-state index contributed by atoms with van der Waals surface area (Å²) in [5.74, 6) is -1.49. The summed E-state index contributed by atoms with van der Waals surface area (Å²) in [6, 6.07) is 9.02. The Balaban J connectivity index is 1.90. The Morgan fingerprint density at radius 1 is 1.25 bits per heavy atom. The van der Waals surface area contributed by atoms with Gasteiger partial charge < -0.3 is 15.4 Å². The first-order valence-electron chi connectivity index (χ1n) is 7.32. The highest BCUT2D eigenvalue weighted by molar-refractivity contribution is 9.10. The summed E-state index contributed by atoms with van der Waals surface area (Å²) in [4.78, 5) is 11.9. The van der Waals surface area contributed by atoms with Crippen LogP contribution >= 0.6 is 15.9 Å². The topological polar surface area (TPSA) is 54.9 Å². The van der Waals surface area contributed by atoms with Crippen molar-refractivity contribution in [3.8, 4) is 5.75 Å². The number of nitrogens with one attached hydrogen (secondary N) is 1. The molecular formula is C17H18BrF2N2O2+. The molecule has 0 unspecified atom stereocenters. The lowest BCUT2D eigenvalue weighted by Gasteiger charge is -2.13. The van der Waals surface area contributed by atoms with Gasteiger partial charge in [0.2, 0.25) is 0 Å². The fourth-order valence-electron chi connectivity index (χ4n) is 2.17. The van der Waals surface area contributed by atoms with Crippen LogP contribution in [-0.2, 0) is 4.79 Å². The van der Waals surface area contributed by atoms with E-state index in [-0.39, 0.29) is 24.2 Å². The zero-order valence-corrected chi connectivity index (χ0v) is 14.9. The van der Waals surface area contributed by atoms with Gasteiger partial charge in [0.1, 0.15) is 11.8 Å². The van der Waals surface area contributed by atoms with Crippen molar-refractivity contribution < 1.29 is 23.6 Å². The SMILES string of the molecule is COc1ccc([C@H](C)[NH2+]CC(=O)Nc2ccc(F)c(F)c2)cc1Br. The number of amides is 1. The first-order chi connectivity index (χ1) is 11.4. The van der Waals surface area contributed by atoms with Crippen molar-refractivity contribution in [1.82, 2.24) is 0 Å². The number of benzene rings is 2. The second kappa shape index (κ2) is 8.21. The van der Waals surface area contributed by atoms with Crippen LogP contribution in [0.15, 0.2) is 40.9 Å². The van der Waals surface area contributed by atoms with Crippen LogP contribution in [0.5, 0.6) is 5.75 Å². The van der Waals surface area contributed by atoms with E-state index in [4.69, 9.17) is 4.74 Å². The Bertz CT molecular complexity index is 741. The Morgan fingerprint density at radius 3 is 2.62 bits per heavy atom. The van der Waals surface area contributed by atoms with Gasteiger partial charge in [-0.3, -0.25) is 4.79 Å².